The van der Waals surface area contributed by atoms with Crippen molar-refractivity contribution in [3.05, 3.63) is 51.8 Å². The van der Waals surface area contributed by atoms with Crippen molar-refractivity contribution in [3.63, 3.8) is 0 Å². The smallest absolute Gasteiger partial charge is 0.273 e. The molecule has 1 unspecified atom stereocenters. The standard InChI is InChI=1S/C16H18ClN5O2/c1-16(15(18)24,9-3-2-4-10(17)7-9)20-14(23)13-11-8-19-6-5-12(11)21-22-13/h2-4,7,19H,5-6,8H2,1H3,(H2,18,24)(H,20,23)(H,21,22). The highest BCUT2D eigenvalue weighted by Crippen LogP contribution is 2.25. The number of nitrogens with zero attached hydrogens (tertiary/aromatic N) is 1. The van der Waals surface area contributed by atoms with E-state index in [4.69, 9.17) is 17.3 Å². The van der Waals surface area contributed by atoms with Crippen LogP contribution in [0.3, 0.4) is 0 Å². The summed E-state index contributed by atoms with van der Waals surface area (Å²) < 4.78 is 0. The van der Waals surface area contributed by atoms with E-state index >= 15 is 0 Å². The molecule has 126 valence electrons. The molecule has 0 spiro atoms. The number of halogens is 1. The lowest BCUT2D eigenvalue weighted by atomic mass is 9.90. The molecule has 0 saturated carbocycles. The number of hydrogen-bond acceptors (Lipinski definition) is 4. The Balaban J connectivity index is 1.93. The van der Waals surface area contributed by atoms with Crippen LogP contribution in [0.25, 0.3) is 0 Å². The summed E-state index contributed by atoms with van der Waals surface area (Å²) in [6.07, 6.45) is 0.775. The molecule has 0 saturated heterocycles. The minimum Gasteiger partial charge on any atom is -0.367 e. The van der Waals surface area contributed by atoms with Crippen LogP contribution in [0.4, 0.5) is 0 Å². The molecule has 2 heterocycles. The number of carbonyl (C=O) groups is 2. The summed E-state index contributed by atoms with van der Waals surface area (Å²) in [5.41, 5.74) is 6.69. The molecule has 1 aliphatic rings. The van der Waals surface area contributed by atoms with Gasteiger partial charge in [-0.25, -0.2) is 0 Å². The Kier molecular flexibility index (Phi) is 4.29. The highest BCUT2D eigenvalue weighted by molar-refractivity contribution is 6.30. The van der Waals surface area contributed by atoms with Gasteiger partial charge in [-0.05, 0) is 24.6 Å². The third-order valence-corrected chi connectivity index (χ3v) is 4.51. The molecular weight excluding hydrogens is 330 g/mol. The first-order valence-electron chi connectivity index (χ1n) is 7.57. The van der Waals surface area contributed by atoms with Crippen molar-refractivity contribution in [1.82, 2.24) is 20.8 Å². The summed E-state index contributed by atoms with van der Waals surface area (Å²) in [5, 5.41) is 13.3. The Morgan fingerprint density at radius 2 is 2.21 bits per heavy atom. The molecule has 24 heavy (non-hydrogen) atoms. The van der Waals surface area contributed by atoms with Gasteiger partial charge in [0.15, 0.2) is 5.69 Å². The van der Waals surface area contributed by atoms with E-state index in [0.29, 0.717) is 17.1 Å². The average molecular weight is 348 g/mol. The zero-order valence-corrected chi connectivity index (χ0v) is 13.9. The van der Waals surface area contributed by atoms with Gasteiger partial charge in [-0.3, -0.25) is 14.7 Å². The van der Waals surface area contributed by atoms with Crippen LogP contribution in [0.5, 0.6) is 0 Å². The Morgan fingerprint density at radius 3 is 2.92 bits per heavy atom. The number of aromatic nitrogens is 2. The lowest BCUT2D eigenvalue weighted by molar-refractivity contribution is -0.123. The van der Waals surface area contributed by atoms with Gasteiger partial charge in [-0.1, -0.05) is 23.7 Å². The second-order valence-corrected chi connectivity index (χ2v) is 6.35. The molecule has 7 nitrogen and oxygen atoms in total. The van der Waals surface area contributed by atoms with Crippen LogP contribution in [-0.4, -0.2) is 28.6 Å². The number of carbonyl (C=O) groups excluding carboxylic acids is 2. The fourth-order valence-electron chi connectivity index (χ4n) is 2.77. The number of hydrogen-bond donors (Lipinski definition) is 4. The molecule has 0 aliphatic carbocycles. The number of nitrogens with two attached hydrogens (primary N) is 1. The monoisotopic (exact) mass is 347 g/mol. The molecule has 3 rings (SSSR count). The molecule has 1 aromatic heterocycles. The van der Waals surface area contributed by atoms with Gasteiger partial charge in [0.25, 0.3) is 5.91 Å². The molecule has 0 fully saturated rings. The van der Waals surface area contributed by atoms with Gasteiger partial charge in [0, 0.05) is 35.8 Å². The third kappa shape index (κ3) is 2.88. The molecule has 2 amide bonds. The maximum atomic E-state index is 12.7. The first-order valence-corrected chi connectivity index (χ1v) is 7.95. The van der Waals surface area contributed by atoms with Gasteiger partial charge >= 0.3 is 0 Å². The average Bonchev–Trinajstić information content (AvgIpc) is 2.98. The van der Waals surface area contributed by atoms with Crippen molar-refractivity contribution in [3.8, 4) is 0 Å². The van der Waals surface area contributed by atoms with Gasteiger partial charge in [-0.2, -0.15) is 5.10 Å². The van der Waals surface area contributed by atoms with Crippen molar-refractivity contribution in [2.75, 3.05) is 6.54 Å². The van der Waals surface area contributed by atoms with Crippen molar-refractivity contribution in [2.45, 2.75) is 25.4 Å². The van der Waals surface area contributed by atoms with Crippen LogP contribution in [0, 0.1) is 0 Å². The first kappa shape index (κ1) is 16.5. The quantitative estimate of drug-likeness (QED) is 0.656. The number of nitrogens with one attached hydrogen (secondary N) is 3. The van der Waals surface area contributed by atoms with Gasteiger partial charge < -0.3 is 16.4 Å². The summed E-state index contributed by atoms with van der Waals surface area (Å²) >= 11 is 6.00. The third-order valence-electron chi connectivity index (χ3n) is 4.28. The van der Waals surface area contributed by atoms with Crippen molar-refractivity contribution in [1.29, 1.82) is 0 Å². The predicted octanol–water partition coefficient (Wildman–Crippen LogP) is 0.839. The predicted molar refractivity (Wildman–Crippen MR) is 89.5 cm³/mol. The second-order valence-electron chi connectivity index (χ2n) is 5.91. The van der Waals surface area contributed by atoms with Gasteiger partial charge in [-0.15, -0.1) is 0 Å². The lowest BCUT2D eigenvalue weighted by Crippen LogP contribution is -2.53. The molecule has 0 bridgehead atoms. The summed E-state index contributed by atoms with van der Waals surface area (Å²) in [4.78, 5) is 24.7. The number of aromatic amines is 1. The zero-order valence-electron chi connectivity index (χ0n) is 13.1. The van der Waals surface area contributed by atoms with E-state index in [0.717, 1.165) is 24.2 Å². The summed E-state index contributed by atoms with van der Waals surface area (Å²) in [7, 11) is 0. The molecule has 2 aromatic rings. The molecule has 5 N–H and O–H groups in total. The van der Waals surface area contributed by atoms with E-state index in [1.54, 1.807) is 31.2 Å². The molecule has 1 aliphatic heterocycles. The fraction of sp³-hybridized carbons (Fsp3) is 0.312. The minimum atomic E-state index is -1.39. The van der Waals surface area contributed by atoms with Crippen LogP contribution in [0.1, 0.15) is 34.2 Å². The van der Waals surface area contributed by atoms with E-state index < -0.39 is 17.4 Å². The maximum Gasteiger partial charge on any atom is 0.273 e. The molecule has 1 aromatic carbocycles. The summed E-state index contributed by atoms with van der Waals surface area (Å²) in [6, 6.07) is 6.68. The topological polar surface area (TPSA) is 113 Å². The summed E-state index contributed by atoms with van der Waals surface area (Å²) in [6.45, 7) is 2.94. The van der Waals surface area contributed by atoms with Crippen LogP contribution in [0.15, 0.2) is 24.3 Å². The number of benzene rings is 1. The number of fused-ring (bicyclic) bond motifs is 1. The van der Waals surface area contributed by atoms with E-state index in [-0.39, 0.29) is 5.69 Å². The lowest BCUT2D eigenvalue weighted by Gasteiger charge is -2.28. The highest BCUT2D eigenvalue weighted by atomic mass is 35.5. The molecule has 1 atom stereocenters. The van der Waals surface area contributed by atoms with E-state index in [2.05, 4.69) is 20.8 Å². The molecule has 0 radical (unpaired) electrons. The van der Waals surface area contributed by atoms with E-state index in [9.17, 15) is 9.59 Å². The van der Waals surface area contributed by atoms with E-state index in [1.807, 2.05) is 0 Å². The zero-order chi connectivity index (χ0) is 17.3. The van der Waals surface area contributed by atoms with Gasteiger partial charge in [0.2, 0.25) is 5.91 Å². The van der Waals surface area contributed by atoms with Crippen LogP contribution >= 0.6 is 11.6 Å². The Bertz CT molecular complexity index is 804. The van der Waals surface area contributed by atoms with Crippen LogP contribution in [-0.2, 0) is 23.3 Å². The van der Waals surface area contributed by atoms with Crippen molar-refractivity contribution >= 4 is 23.4 Å². The Labute approximate surface area is 144 Å². The second kappa shape index (κ2) is 6.26. The molecule has 8 heteroatoms. The number of amides is 2. The first-order chi connectivity index (χ1) is 11.4. The fourth-order valence-corrected chi connectivity index (χ4v) is 2.97. The maximum absolute atomic E-state index is 12.7. The summed E-state index contributed by atoms with van der Waals surface area (Å²) in [5.74, 6) is -1.14. The number of rotatable bonds is 4. The molecular formula is C16H18ClN5O2. The van der Waals surface area contributed by atoms with Crippen molar-refractivity contribution in [2.24, 2.45) is 5.73 Å². The SMILES string of the molecule is CC(NC(=O)c1n[nH]c2c1CNCC2)(C(N)=O)c1cccc(Cl)c1. The number of primary amides is 1. The number of H-pyrrole nitrogens is 1. The van der Waals surface area contributed by atoms with E-state index in [1.165, 1.54) is 0 Å². The van der Waals surface area contributed by atoms with Gasteiger partial charge in [0.1, 0.15) is 5.54 Å². The van der Waals surface area contributed by atoms with Gasteiger partial charge in [0.05, 0.1) is 0 Å². The Hall–Kier alpha value is -2.38. The minimum absolute atomic E-state index is 0.270. The highest BCUT2D eigenvalue weighted by Gasteiger charge is 2.37. The van der Waals surface area contributed by atoms with Crippen LogP contribution in [0.2, 0.25) is 5.02 Å². The largest absolute Gasteiger partial charge is 0.367 e. The normalized spacial score (nSPS) is 16.1. The van der Waals surface area contributed by atoms with Crippen molar-refractivity contribution < 1.29 is 9.59 Å². The Morgan fingerprint density at radius 1 is 1.42 bits per heavy atom. The van der Waals surface area contributed by atoms with Crippen LogP contribution < -0.4 is 16.4 Å².